The fourth-order valence-electron chi connectivity index (χ4n) is 2.59. The SMILES string of the molecule is CN1CCC(CN(C)S(=O)(=O)Cc2ccc(N)cc2)C1. The molecule has 0 bridgehead atoms. The summed E-state index contributed by atoms with van der Waals surface area (Å²) in [6.45, 7) is 2.62. The van der Waals surface area contributed by atoms with Gasteiger partial charge < -0.3 is 10.6 Å². The minimum absolute atomic E-state index is 0.0341. The van der Waals surface area contributed by atoms with Crippen LogP contribution in [0.25, 0.3) is 0 Å². The smallest absolute Gasteiger partial charge is 0.218 e. The number of nitrogens with zero attached hydrogens (tertiary/aromatic N) is 2. The molecule has 112 valence electrons. The maximum atomic E-state index is 12.3. The lowest BCUT2D eigenvalue weighted by molar-refractivity contribution is 0.356. The van der Waals surface area contributed by atoms with Gasteiger partial charge in [-0.05, 0) is 43.6 Å². The van der Waals surface area contributed by atoms with Gasteiger partial charge in [-0.2, -0.15) is 0 Å². The number of hydrogen-bond acceptors (Lipinski definition) is 4. The van der Waals surface area contributed by atoms with Gasteiger partial charge in [0.25, 0.3) is 0 Å². The van der Waals surface area contributed by atoms with Crippen molar-refractivity contribution < 1.29 is 8.42 Å². The normalized spacial score (nSPS) is 20.6. The van der Waals surface area contributed by atoms with E-state index in [9.17, 15) is 8.42 Å². The third-order valence-corrected chi connectivity index (χ3v) is 5.60. The van der Waals surface area contributed by atoms with Gasteiger partial charge in [-0.25, -0.2) is 12.7 Å². The molecule has 1 atom stereocenters. The third-order valence-electron chi connectivity index (χ3n) is 3.81. The Morgan fingerprint density at radius 3 is 2.55 bits per heavy atom. The van der Waals surface area contributed by atoms with E-state index in [2.05, 4.69) is 11.9 Å². The van der Waals surface area contributed by atoms with Gasteiger partial charge in [-0.3, -0.25) is 0 Å². The van der Waals surface area contributed by atoms with Crippen LogP contribution in [0, 0.1) is 5.92 Å². The molecular formula is C14H23N3O2S. The lowest BCUT2D eigenvalue weighted by Gasteiger charge is -2.21. The lowest BCUT2D eigenvalue weighted by atomic mass is 10.1. The fourth-order valence-corrected chi connectivity index (χ4v) is 3.86. The van der Waals surface area contributed by atoms with Crippen LogP contribution >= 0.6 is 0 Å². The molecule has 1 fully saturated rings. The van der Waals surface area contributed by atoms with E-state index in [0.29, 0.717) is 18.2 Å². The molecule has 1 aromatic carbocycles. The van der Waals surface area contributed by atoms with E-state index in [1.165, 1.54) is 4.31 Å². The third kappa shape index (κ3) is 3.94. The molecule has 0 aromatic heterocycles. The molecule has 20 heavy (non-hydrogen) atoms. The Hall–Kier alpha value is -1.11. The average Bonchev–Trinajstić information content (AvgIpc) is 2.77. The molecule has 2 N–H and O–H groups in total. The van der Waals surface area contributed by atoms with Crippen molar-refractivity contribution in [3.05, 3.63) is 29.8 Å². The van der Waals surface area contributed by atoms with Crippen LogP contribution in [0.2, 0.25) is 0 Å². The van der Waals surface area contributed by atoms with Gasteiger partial charge >= 0.3 is 0 Å². The minimum atomic E-state index is -3.26. The fraction of sp³-hybridized carbons (Fsp3) is 0.571. The number of likely N-dealkylation sites (tertiary alicyclic amines) is 1. The first-order chi connectivity index (χ1) is 9.37. The van der Waals surface area contributed by atoms with Gasteiger partial charge in [-0.1, -0.05) is 12.1 Å². The van der Waals surface area contributed by atoms with E-state index in [-0.39, 0.29) is 5.75 Å². The molecule has 6 heteroatoms. The molecule has 1 unspecified atom stereocenters. The highest BCUT2D eigenvalue weighted by Crippen LogP contribution is 2.18. The Morgan fingerprint density at radius 2 is 2.00 bits per heavy atom. The summed E-state index contributed by atoms with van der Waals surface area (Å²) < 4.78 is 26.2. The maximum absolute atomic E-state index is 12.3. The molecule has 0 saturated carbocycles. The Labute approximate surface area is 121 Å². The molecule has 1 aromatic rings. The van der Waals surface area contributed by atoms with E-state index in [4.69, 9.17) is 5.73 Å². The van der Waals surface area contributed by atoms with Crippen LogP contribution in [0.15, 0.2) is 24.3 Å². The highest BCUT2D eigenvalue weighted by molar-refractivity contribution is 7.88. The van der Waals surface area contributed by atoms with E-state index in [0.717, 1.165) is 25.1 Å². The highest BCUT2D eigenvalue weighted by atomic mass is 32.2. The first-order valence-corrected chi connectivity index (χ1v) is 8.45. The summed E-state index contributed by atoms with van der Waals surface area (Å²) in [4.78, 5) is 2.24. The predicted octanol–water partition coefficient (Wildman–Crippen LogP) is 0.982. The van der Waals surface area contributed by atoms with Crippen LogP contribution in [-0.2, 0) is 15.8 Å². The van der Waals surface area contributed by atoms with Crippen molar-refractivity contribution in [3.8, 4) is 0 Å². The van der Waals surface area contributed by atoms with Crippen LogP contribution in [0.4, 0.5) is 5.69 Å². The van der Waals surface area contributed by atoms with Crippen molar-refractivity contribution in [3.63, 3.8) is 0 Å². The van der Waals surface area contributed by atoms with Crippen molar-refractivity contribution in [2.24, 2.45) is 5.92 Å². The summed E-state index contributed by atoms with van der Waals surface area (Å²) in [7, 11) is 0.487. The zero-order valence-electron chi connectivity index (χ0n) is 12.1. The molecule has 0 amide bonds. The van der Waals surface area contributed by atoms with Crippen molar-refractivity contribution in [1.29, 1.82) is 0 Å². The van der Waals surface area contributed by atoms with Crippen LogP contribution in [0.1, 0.15) is 12.0 Å². The van der Waals surface area contributed by atoms with E-state index < -0.39 is 10.0 Å². The Bertz CT molecular complexity index is 542. The summed E-state index contributed by atoms with van der Waals surface area (Å²) in [6, 6.07) is 7.00. The molecule has 1 saturated heterocycles. The van der Waals surface area contributed by atoms with Crippen molar-refractivity contribution in [2.75, 3.05) is 39.5 Å². The molecular weight excluding hydrogens is 274 g/mol. The number of sulfonamides is 1. The van der Waals surface area contributed by atoms with Gasteiger partial charge in [0, 0.05) is 25.8 Å². The summed E-state index contributed by atoms with van der Waals surface area (Å²) in [5.41, 5.74) is 7.03. The topological polar surface area (TPSA) is 66.6 Å². The minimum Gasteiger partial charge on any atom is -0.399 e. The van der Waals surface area contributed by atoms with E-state index >= 15 is 0 Å². The van der Waals surface area contributed by atoms with E-state index in [1.54, 1.807) is 31.3 Å². The average molecular weight is 297 g/mol. The molecule has 0 aliphatic carbocycles. The zero-order valence-corrected chi connectivity index (χ0v) is 12.9. The predicted molar refractivity (Wildman–Crippen MR) is 81.7 cm³/mol. The van der Waals surface area contributed by atoms with Gasteiger partial charge in [0.05, 0.1) is 5.75 Å². The summed E-state index contributed by atoms with van der Waals surface area (Å²) in [5, 5.41) is 0. The zero-order chi connectivity index (χ0) is 14.8. The van der Waals surface area contributed by atoms with Gasteiger partial charge in [0.15, 0.2) is 0 Å². The van der Waals surface area contributed by atoms with Gasteiger partial charge in [0.1, 0.15) is 0 Å². The Balaban J connectivity index is 1.96. The van der Waals surface area contributed by atoms with Crippen molar-refractivity contribution in [2.45, 2.75) is 12.2 Å². The second-order valence-corrected chi connectivity index (χ2v) is 7.77. The maximum Gasteiger partial charge on any atom is 0.218 e. The molecule has 5 nitrogen and oxygen atoms in total. The number of rotatable bonds is 5. The Morgan fingerprint density at radius 1 is 1.35 bits per heavy atom. The summed E-state index contributed by atoms with van der Waals surface area (Å²) in [6.07, 6.45) is 1.07. The number of benzene rings is 1. The largest absolute Gasteiger partial charge is 0.399 e. The monoisotopic (exact) mass is 297 g/mol. The highest BCUT2D eigenvalue weighted by Gasteiger charge is 2.26. The molecule has 2 rings (SSSR count). The van der Waals surface area contributed by atoms with E-state index in [1.807, 2.05) is 0 Å². The van der Waals surface area contributed by atoms with Gasteiger partial charge in [0.2, 0.25) is 10.0 Å². The Kier molecular flexibility index (Phi) is 4.67. The molecule has 0 radical (unpaired) electrons. The molecule has 1 aliphatic heterocycles. The molecule has 1 aliphatic rings. The van der Waals surface area contributed by atoms with Crippen molar-refractivity contribution >= 4 is 15.7 Å². The molecule has 0 spiro atoms. The summed E-state index contributed by atoms with van der Waals surface area (Å²) in [5.74, 6) is 0.470. The first-order valence-electron chi connectivity index (χ1n) is 6.84. The van der Waals surface area contributed by atoms with Gasteiger partial charge in [-0.15, -0.1) is 0 Å². The van der Waals surface area contributed by atoms with Crippen LogP contribution in [0.3, 0.4) is 0 Å². The van der Waals surface area contributed by atoms with Crippen LogP contribution < -0.4 is 5.73 Å². The van der Waals surface area contributed by atoms with Crippen molar-refractivity contribution in [1.82, 2.24) is 9.21 Å². The second kappa shape index (κ2) is 6.11. The lowest BCUT2D eigenvalue weighted by Crippen LogP contribution is -2.33. The van der Waals surface area contributed by atoms with Crippen LogP contribution in [0.5, 0.6) is 0 Å². The summed E-state index contributed by atoms with van der Waals surface area (Å²) >= 11 is 0. The number of hydrogen-bond donors (Lipinski definition) is 1. The number of nitrogens with two attached hydrogens (primary N) is 1. The second-order valence-electron chi connectivity index (χ2n) is 5.70. The number of nitrogen functional groups attached to an aromatic ring is 1. The molecule has 1 heterocycles. The quantitative estimate of drug-likeness (QED) is 0.823. The van der Waals surface area contributed by atoms with Crippen LogP contribution in [-0.4, -0.2) is 51.4 Å². The standard InChI is InChI=1S/C14H23N3O2S/c1-16-8-7-13(9-16)10-17(2)20(18,19)11-12-3-5-14(15)6-4-12/h3-6,13H,7-11,15H2,1-2H3. The number of anilines is 1. The first kappa shape index (κ1) is 15.3.